The van der Waals surface area contributed by atoms with Gasteiger partial charge in [0.1, 0.15) is 6.07 Å². The van der Waals surface area contributed by atoms with Crippen LogP contribution in [0.3, 0.4) is 0 Å². The Morgan fingerprint density at radius 3 is 1.51 bits per heavy atom. The number of aromatic nitrogens is 3. The Labute approximate surface area is 316 Å². The highest BCUT2D eigenvalue weighted by atomic mass is 15.0. The molecule has 0 N–H and O–H groups in total. The topological polar surface area (TPSA) is 62.4 Å². The molecule has 11 aromatic rings. The monoisotopic (exact) mass is 699 g/mol. The smallest absolute Gasteiger partial charge is 0.101 e. The van der Waals surface area contributed by atoms with E-state index in [2.05, 4.69) is 159 Å². The molecule has 0 aliphatic carbocycles. The Balaban J connectivity index is 1.12. The second kappa shape index (κ2) is 11.8. The molecule has 55 heavy (non-hydrogen) atoms. The van der Waals surface area contributed by atoms with E-state index >= 15 is 0 Å². The van der Waals surface area contributed by atoms with Crippen LogP contribution in [0.25, 0.3) is 93.6 Å². The van der Waals surface area contributed by atoms with Crippen LogP contribution in [0.1, 0.15) is 11.1 Å². The zero-order valence-electron chi connectivity index (χ0n) is 29.5. The molecule has 0 amide bonds. The van der Waals surface area contributed by atoms with Gasteiger partial charge in [0, 0.05) is 43.6 Å². The molecule has 0 atom stereocenters. The zero-order chi connectivity index (χ0) is 36.6. The molecule has 5 heteroatoms. The van der Waals surface area contributed by atoms with Gasteiger partial charge >= 0.3 is 0 Å². The second-order valence-corrected chi connectivity index (χ2v) is 14.0. The van der Waals surface area contributed by atoms with Crippen LogP contribution < -0.4 is 0 Å². The molecular formula is C50H29N5. The molecule has 5 nitrogen and oxygen atoms in total. The number of nitriles is 2. The Bertz CT molecular complexity index is 3420. The lowest BCUT2D eigenvalue weighted by atomic mass is 10.00. The van der Waals surface area contributed by atoms with E-state index in [1.165, 1.54) is 10.8 Å². The van der Waals surface area contributed by atoms with Crippen molar-refractivity contribution in [2.75, 3.05) is 0 Å². The maximum atomic E-state index is 10.9. The van der Waals surface area contributed by atoms with E-state index in [4.69, 9.17) is 0 Å². The molecule has 3 heterocycles. The third-order valence-corrected chi connectivity index (χ3v) is 11.1. The van der Waals surface area contributed by atoms with Crippen LogP contribution in [0.5, 0.6) is 0 Å². The minimum absolute atomic E-state index is 0.582. The highest BCUT2D eigenvalue weighted by Gasteiger charge is 2.20. The van der Waals surface area contributed by atoms with Crippen LogP contribution in [0, 0.1) is 22.7 Å². The van der Waals surface area contributed by atoms with E-state index in [1.807, 2.05) is 42.5 Å². The average Bonchev–Trinajstić information content (AvgIpc) is 3.88. The summed E-state index contributed by atoms with van der Waals surface area (Å²) in [7, 11) is 0. The lowest BCUT2D eigenvalue weighted by molar-refractivity contribution is 1.15. The Hall–Kier alpha value is -7.86. The maximum Gasteiger partial charge on any atom is 0.101 e. The summed E-state index contributed by atoms with van der Waals surface area (Å²) >= 11 is 0. The molecule has 0 bridgehead atoms. The van der Waals surface area contributed by atoms with Gasteiger partial charge in [-0.05, 0) is 78.4 Å². The Morgan fingerprint density at radius 1 is 0.345 bits per heavy atom. The maximum absolute atomic E-state index is 10.9. The number of benzene rings is 8. The van der Waals surface area contributed by atoms with Crippen LogP contribution in [-0.4, -0.2) is 13.7 Å². The molecular weight excluding hydrogens is 671 g/mol. The van der Waals surface area contributed by atoms with Gasteiger partial charge < -0.3 is 13.7 Å². The van der Waals surface area contributed by atoms with Gasteiger partial charge in [-0.2, -0.15) is 10.5 Å². The summed E-state index contributed by atoms with van der Waals surface area (Å²) in [4.78, 5) is 0. The first-order chi connectivity index (χ1) is 27.2. The number of para-hydroxylation sites is 5. The number of hydrogen-bond donors (Lipinski definition) is 0. The summed E-state index contributed by atoms with van der Waals surface area (Å²) in [6.45, 7) is 0. The van der Waals surface area contributed by atoms with Crippen LogP contribution in [0.2, 0.25) is 0 Å². The summed E-state index contributed by atoms with van der Waals surface area (Å²) in [5.41, 5.74) is 12.5. The van der Waals surface area contributed by atoms with Gasteiger partial charge in [-0.25, -0.2) is 0 Å². The van der Waals surface area contributed by atoms with Gasteiger partial charge in [0.15, 0.2) is 0 Å². The fourth-order valence-electron chi connectivity index (χ4n) is 8.76. The van der Waals surface area contributed by atoms with Crippen molar-refractivity contribution in [1.29, 1.82) is 10.5 Å². The fourth-order valence-corrected chi connectivity index (χ4v) is 8.76. The van der Waals surface area contributed by atoms with Crippen molar-refractivity contribution in [3.8, 4) is 40.3 Å². The summed E-state index contributed by atoms with van der Waals surface area (Å²) in [5.74, 6) is 0. The van der Waals surface area contributed by atoms with E-state index < -0.39 is 0 Å². The first-order valence-corrected chi connectivity index (χ1v) is 18.3. The highest BCUT2D eigenvalue weighted by molar-refractivity contribution is 6.13. The Kier molecular flexibility index (Phi) is 6.61. The minimum Gasteiger partial charge on any atom is -0.309 e. The minimum atomic E-state index is 0.582. The standard InChI is InChI=1S/C50H29N5/c51-30-32-21-25-49-42(27-32)40-15-5-10-20-48(40)55(49)44-16-6-1-11-36(44)33-22-26-43(34(28-33)31-52)54-47-19-9-4-14-39(47)41-24-23-35(29-50(41)54)53-45-17-7-2-12-37(45)38-13-3-8-18-46(38)53/h1-29H. The summed E-state index contributed by atoms with van der Waals surface area (Å²) < 4.78 is 6.85. The van der Waals surface area contributed by atoms with Crippen molar-refractivity contribution in [3.05, 3.63) is 187 Å². The van der Waals surface area contributed by atoms with E-state index in [1.54, 1.807) is 0 Å². The van der Waals surface area contributed by atoms with Gasteiger partial charge in [-0.3, -0.25) is 0 Å². The van der Waals surface area contributed by atoms with Crippen molar-refractivity contribution in [2.24, 2.45) is 0 Å². The normalized spacial score (nSPS) is 11.6. The van der Waals surface area contributed by atoms with Gasteiger partial charge in [0.2, 0.25) is 0 Å². The molecule has 0 unspecified atom stereocenters. The first kappa shape index (κ1) is 30.7. The lowest BCUT2D eigenvalue weighted by Gasteiger charge is -2.16. The third kappa shape index (κ3) is 4.45. The predicted molar refractivity (Wildman–Crippen MR) is 224 cm³/mol. The number of nitrogens with zero attached hydrogens (tertiary/aromatic N) is 5. The molecule has 0 aliphatic rings. The SMILES string of the molecule is N#Cc1ccc2c(c1)c1ccccc1n2-c1ccccc1-c1ccc(-n2c3ccccc3c3ccc(-n4c5ccccc5c5ccccc54)cc32)c(C#N)c1. The van der Waals surface area contributed by atoms with Crippen molar-refractivity contribution >= 4 is 65.4 Å². The van der Waals surface area contributed by atoms with E-state index in [0.29, 0.717) is 11.1 Å². The van der Waals surface area contributed by atoms with Gasteiger partial charge in [-0.1, -0.05) is 103 Å². The zero-order valence-corrected chi connectivity index (χ0v) is 29.5. The van der Waals surface area contributed by atoms with Crippen molar-refractivity contribution in [2.45, 2.75) is 0 Å². The van der Waals surface area contributed by atoms with Crippen molar-refractivity contribution < 1.29 is 0 Å². The molecule has 11 rings (SSSR count). The van der Waals surface area contributed by atoms with Crippen molar-refractivity contribution in [1.82, 2.24) is 13.7 Å². The second-order valence-electron chi connectivity index (χ2n) is 14.0. The molecule has 8 aromatic carbocycles. The highest BCUT2D eigenvalue weighted by Crippen LogP contribution is 2.40. The average molecular weight is 700 g/mol. The third-order valence-electron chi connectivity index (χ3n) is 11.1. The number of rotatable bonds is 4. The van der Waals surface area contributed by atoms with Crippen LogP contribution in [0.4, 0.5) is 0 Å². The quantitative estimate of drug-likeness (QED) is 0.184. The molecule has 0 spiro atoms. The Morgan fingerprint density at radius 2 is 0.873 bits per heavy atom. The molecule has 0 radical (unpaired) electrons. The molecule has 0 fully saturated rings. The lowest BCUT2D eigenvalue weighted by Crippen LogP contribution is -2.01. The molecule has 0 saturated heterocycles. The predicted octanol–water partition coefficient (Wildman–Crippen LogP) is 12.4. The van der Waals surface area contributed by atoms with E-state index in [0.717, 1.165) is 82.8 Å². The molecule has 254 valence electrons. The van der Waals surface area contributed by atoms with E-state index in [-0.39, 0.29) is 0 Å². The molecule has 0 aliphatic heterocycles. The number of hydrogen-bond acceptors (Lipinski definition) is 2. The van der Waals surface area contributed by atoms with Crippen LogP contribution in [-0.2, 0) is 0 Å². The van der Waals surface area contributed by atoms with Gasteiger partial charge in [0.25, 0.3) is 0 Å². The van der Waals surface area contributed by atoms with Gasteiger partial charge in [-0.15, -0.1) is 0 Å². The summed E-state index contributed by atoms with van der Waals surface area (Å²) in [6.07, 6.45) is 0. The molecule has 3 aromatic heterocycles. The van der Waals surface area contributed by atoms with Gasteiger partial charge in [0.05, 0.1) is 61.7 Å². The van der Waals surface area contributed by atoms with E-state index in [9.17, 15) is 10.5 Å². The first-order valence-electron chi connectivity index (χ1n) is 18.3. The number of fused-ring (bicyclic) bond motifs is 9. The largest absolute Gasteiger partial charge is 0.309 e. The molecule has 0 saturated carbocycles. The van der Waals surface area contributed by atoms with Crippen molar-refractivity contribution in [3.63, 3.8) is 0 Å². The summed E-state index contributed by atoms with van der Waals surface area (Å²) in [6, 6.07) is 65.9. The summed E-state index contributed by atoms with van der Waals surface area (Å²) in [5, 5.41) is 27.4. The van der Waals surface area contributed by atoms with Crippen LogP contribution in [0.15, 0.2) is 176 Å². The fraction of sp³-hybridized carbons (Fsp3) is 0. The van der Waals surface area contributed by atoms with Crippen LogP contribution >= 0.6 is 0 Å².